The van der Waals surface area contributed by atoms with Gasteiger partial charge in [0.2, 0.25) is 0 Å². The first-order valence-corrected chi connectivity index (χ1v) is 7.34. The van der Waals surface area contributed by atoms with Crippen molar-refractivity contribution in [1.29, 1.82) is 0 Å². The third-order valence-corrected chi connectivity index (χ3v) is 3.74. The summed E-state index contributed by atoms with van der Waals surface area (Å²) in [6, 6.07) is 4.35. The van der Waals surface area contributed by atoms with Gasteiger partial charge in [-0.25, -0.2) is 8.78 Å². The lowest BCUT2D eigenvalue weighted by molar-refractivity contribution is 0.0957. The molecule has 1 aromatic rings. The van der Waals surface area contributed by atoms with E-state index in [1.165, 1.54) is 25.0 Å². The fourth-order valence-electron chi connectivity index (χ4n) is 2.38. The smallest absolute Gasteiger partial charge is 0.169 e. The molecule has 0 spiro atoms. The van der Waals surface area contributed by atoms with Gasteiger partial charge in [0.05, 0.1) is 5.56 Å². The number of ketones is 1. The lowest BCUT2D eigenvalue weighted by atomic mass is 10.1. The van der Waals surface area contributed by atoms with Gasteiger partial charge in [-0.1, -0.05) is 19.4 Å². The monoisotopic (exact) mass is 281 g/mol. The van der Waals surface area contributed by atoms with Crippen LogP contribution in [-0.4, -0.2) is 29.8 Å². The third kappa shape index (κ3) is 3.85. The van der Waals surface area contributed by atoms with E-state index in [0.29, 0.717) is 12.6 Å². The topological polar surface area (TPSA) is 20.3 Å². The molecule has 0 N–H and O–H groups in total. The summed E-state index contributed by atoms with van der Waals surface area (Å²) in [6.45, 7) is 3.76. The number of carbonyl (C=O) groups is 1. The van der Waals surface area contributed by atoms with Crippen molar-refractivity contribution in [1.82, 2.24) is 4.90 Å². The Balaban J connectivity index is 1.91. The van der Waals surface area contributed by atoms with Gasteiger partial charge < -0.3 is 0 Å². The molecule has 0 atom stereocenters. The second kappa shape index (κ2) is 6.93. The number of benzene rings is 1. The van der Waals surface area contributed by atoms with Crippen molar-refractivity contribution in [2.75, 3.05) is 13.1 Å². The van der Waals surface area contributed by atoms with E-state index in [-0.39, 0.29) is 17.8 Å². The molecule has 2 rings (SSSR count). The lowest BCUT2D eigenvalue weighted by Gasteiger charge is -2.21. The van der Waals surface area contributed by atoms with Gasteiger partial charge in [0.1, 0.15) is 0 Å². The van der Waals surface area contributed by atoms with Gasteiger partial charge in [0.15, 0.2) is 17.4 Å². The Morgan fingerprint density at radius 3 is 2.70 bits per heavy atom. The molecular weight excluding hydrogens is 260 g/mol. The van der Waals surface area contributed by atoms with E-state index in [4.69, 9.17) is 0 Å². The summed E-state index contributed by atoms with van der Waals surface area (Å²) in [5.74, 6) is -2.30. The molecule has 1 aliphatic carbocycles. The predicted octanol–water partition coefficient (Wildman–Crippen LogP) is 3.80. The minimum atomic E-state index is -1.02. The van der Waals surface area contributed by atoms with Crippen LogP contribution in [-0.2, 0) is 0 Å². The summed E-state index contributed by atoms with van der Waals surface area (Å²) in [5.41, 5.74) is -0.128. The first-order valence-electron chi connectivity index (χ1n) is 7.34. The molecule has 0 radical (unpaired) electrons. The van der Waals surface area contributed by atoms with E-state index < -0.39 is 11.6 Å². The molecule has 1 fully saturated rings. The fourth-order valence-corrected chi connectivity index (χ4v) is 2.38. The Kier molecular flexibility index (Phi) is 5.24. The van der Waals surface area contributed by atoms with E-state index in [2.05, 4.69) is 11.8 Å². The van der Waals surface area contributed by atoms with Crippen LogP contribution in [0, 0.1) is 11.6 Å². The molecule has 110 valence electrons. The number of carbonyl (C=O) groups excluding carboxylic acids is 1. The second-order valence-electron chi connectivity index (χ2n) is 5.40. The second-order valence-corrected chi connectivity index (χ2v) is 5.40. The predicted molar refractivity (Wildman–Crippen MR) is 74.8 cm³/mol. The Bertz CT molecular complexity index is 472. The van der Waals surface area contributed by atoms with Crippen LogP contribution >= 0.6 is 0 Å². The lowest BCUT2D eigenvalue weighted by Crippen LogP contribution is -2.29. The summed E-state index contributed by atoms with van der Waals surface area (Å²) < 4.78 is 26.6. The minimum absolute atomic E-state index is 0.128. The van der Waals surface area contributed by atoms with Crippen LogP contribution in [0.5, 0.6) is 0 Å². The zero-order valence-corrected chi connectivity index (χ0v) is 11.9. The van der Waals surface area contributed by atoms with Crippen LogP contribution < -0.4 is 0 Å². The van der Waals surface area contributed by atoms with Crippen molar-refractivity contribution >= 4 is 5.78 Å². The number of hydrogen-bond donors (Lipinski definition) is 0. The zero-order chi connectivity index (χ0) is 14.5. The average Bonchev–Trinajstić information content (AvgIpc) is 3.26. The fraction of sp³-hybridized carbons (Fsp3) is 0.562. The molecule has 0 amide bonds. The molecule has 0 unspecified atom stereocenters. The van der Waals surface area contributed by atoms with Gasteiger partial charge in [0, 0.05) is 19.0 Å². The van der Waals surface area contributed by atoms with E-state index in [0.717, 1.165) is 25.5 Å². The molecule has 20 heavy (non-hydrogen) atoms. The average molecular weight is 281 g/mol. The molecule has 1 saturated carbocycles. The summed E-state index contributed by atoms with van der Waals surface area (Å²) in [6.07, 6.45) is 4.85. The van der Waals surface area contributed by atoms with Crippen LogP contribution in [0.3, 0.4) is 0 Å². The van der Waals surface area contributed by atoms with Crippen molar-refractivity contribution in [3.63, 3.8) is 0 Å². The highest BCUT2D eigenvalue weighted by molar-refractivity contribution is 5.96. The summed E-state index contributed by atoms with van der Waals surface area (Å²) in [5, 5.41) is 0. The third-order valence-electron chi connectivity index (χ3n) is 3.74. The molecule has 1 aromatic carbocycles. The number of unbranched alkanes of at least 4 members (excludes halogenated alkanes) is 1. The number of hydrogen-bond acceptors (Lipinski definition) is 2. The Morgan fingerprint density at radius 1 is 1.30 bits per heavy atom. The van der Waals surface area contributed by atoms with E-state index in [1.807, 2.05) is 0 Å². The number of nitrogens with zero attached hydrogens (tertiary/aromatic N) is 1. The van der Waals surface area contributed by atoms with Crippen LogP contribution in [0.25, 0.3) is 0 Å². The summed E-state index contributed by atoms with van der Waals surface area (Å²) in [4.78, 5) is 14.3. The molecule has 4 heteroatoms. The van der Waals surface area contributed by atoms with E-state index in [9.17, 15) is 13.6 Å². The number of Topliss-reactive ketones (excluding diaryl/α,β-unsaturated/α-hetero) is 1. The molecular formula is C16H21F2NO. The number of rotatable bonds is 8. The van der Waals surface area contributed by atoms with Gasteiger partial charge in [-0.15, -0.1) is 0 Å². The van der Waals surface area contributed by atoms with E-state index >= 15 is 0 Å². The summed E-state index contributed by atoms with van der Waals surface area (Å²) >= 11 is 0. The van der Waals surface area contributed by atoms with Crippen molar-refractivity contribution in [3.8, 4) is 0 Å². The standard InChI is InChI=1S/C16H21F2NO/c1-2-3-10-19(12-7-8-12)11-9-15(20)13-5-4-6-14(17)16(13)18/h4-6,12H,2-3,7-11H2,1H3. The quantitative estimate of drug-likeness (QED) is 0.675. The van der Waals surface area contributed by atoms with Gasteiger partial charge in [-0.3, -0.25) is 9.69 Å². The summed E-state index contributed by atoms with van der Waals surface area (Å²) in [7, 11) is 0. The minimum Gasteiger partial charge on any atom is -0.300 e. The van der Waals surface area contributed by atoms with Crippen molar-refractivity contribution < 1.29 is 13.6 Å². The normalized spacial score (nSPS) is 14.8. The maximum Gasteiger partial charge on any atom is 0.169 e. The Morgan fingerprint density at radius 2 is 2.05 bits per heavy atom. The van der Waals surface area contributed by atoms with Crippen LogP contribution in [0.4, 0.5) is 8.78 Å². The highest BCUT2D eigenvalue weighted by Crippen LogP contribution is 2.27. The van der Waals surface area contributed by atoms with Crippen molar-refractivity contribution in [3.05, 3.63) is 35.4 Å². The largest absolute Gasteiger partial charge is 0.300 e. The van der Waals surface area contributed by atoms with Crippen LogP contribution in [0.15, 0.2) is 18.2 Å². The van der Waals surface area contributed by atoms with Gasteiger partial charge in [0.25, 0.3) is 0 Å². The number of halogens is 2. The molecule has 0 bridgehead atoms. The molecule has 0 aromatic heterocycles. The van der Waals surface area contributed by atoms with Crippen LogP contribution in [0.2, 0.25) is 0 Å². The van der Waals surface area contributed by atoms with Gasteiger partial charge in [-0.2, -0.15) is 0 Å². The zero-order valence-electron chi connectivity index (χ0n) is 11.9. The highest BCUT2D eigenvalue weighted by Gasteiger charge is 2.28. The molecule has 2 nitrogen and oxygen atoms in total. The van der Waals surface area contributed by atoms with Gasteiger partial charge in [-0.05, 0) is 37.9 Å². The van der Waals surface area contributed by atoms with Crippen LogP contribution in [0.1, 0.15) is 49.4 Å². The molecule has 0 aliphatic heterocycles. The first-order chi connectivity index (χ1) is 9.63. The van der Waals surface area contributed by atoms with Crippen molar-refractivity contribution in [2.45, 2.75) is 45.1 Å². The Hall–Kier alpha value is -1.29. The van der Waals surface area contributed by atoms with E-state index in [1.54, 1.807) is 0 Å². The maximum absolute atomic E-state index is 13.5. The first kappa shape index (κ1) is 15.1. The molecule has 1 aliphatic rings. The SMILES string of the molecule is CCCCN(CCC(=O)c1cccc(F)c1F)C1CC1. The molecule has 0 saturated heterocycles. The van der Waals surface area contributed by atoms with Crippen molar-refractivity contribution in [2.24, 2.45) is 0 Å². The van der Waals surface area contributed by atoms with Gasteiger partial charge >= 0.3 is 0 Å². The Labute approximate surface area is 118 Å². The molecule has 0 heterocycles. The highest BCUT2D eigenvalue weighted by atomic mass is 19.2. The maximum atomic E-state index is 13.5.